The fraction of sp³-hybridized carbons (Fsp3) is 0.0732. The molecule has 0 unspecified atom stereocenters. The lowest BCUT2D eigenvalue weighted by Crippen LogP contribution is -1.94. The van der Waals surface area contributed by atoms with Gasteiger partial charge in [0.15, 0.2) is 0 Å². The van der Waals surface area contributed by atoms with Crippen molar-refractivity contribution in [3.8, 4) is 44.5 Å². The highest BCUT2D eigenvalue weighted by Crippen LogP contribution is 2.45. The largest absolute Gasteiger partial charge is 0.0622 e. The summed E-state index contributed by atoms with van der Waals surface area (Å²) in [7, 11) is 0. The normalized spacial score (nSPS) is 11.3. The first kappa shape index (κ1) is 25.1. The van der Waals surface area contributed by atoms with Crippen LogP contribution in [0.1, 0.15) is 16.7 Å². The third-order valence-electron chi connectivity index (χ3n) is 8.40. The van der Waals surface area contributed by atoms with Crippen molar-refractivity contribution in [2.45, 2.75) is 20.8 Å². The SMILES string of the molecule is Cc1ccc2c(-c3cccc(-c4ccccc4)c3)c3cc(C)c(C)cc3c(-c3cccc(-c4ccccc4)c3)c2c1. The fourth-order valence-electron chi connectivity index (χ4n) is 6.19. The summed E-state index contributed by atoms with van der Waals surface area (Å²) < 4.78 is 0. The molecule has 0 aliphatic rings. The smallest absolute Gasteiger partial charge is 0.00260 e. The number of fused-ring (bicyclic) bond motifs is 2. The summed E-state index contributed by atoms with van der Waals surface area (Å²) in [5.41, 5.74) is 14.0. The van der Waals surface area contributed by atoms with Crippen molar-refractivity contribution in [1.29, 1.82) is 0 Å². The second-order valence-electron chi connectivity index (χ2n) is 11.2. The van der Waals surface area contributed by atoms with Crippen LogP contribution in [-0.4, -0.2) is 0 Å². The molecular weight excluding hydrogens is 492 g/mol. The number of aryl methyl sites for hydroxylation is 3. The van der Waals surface area contributed by atoms with E-state index >= 15 is 0 Å². The van der Waals surface area contributed by atoms with Crippen LogP contribution >= 0.6 is 0 Å². The summed E-state index contributed by atoms with van der Waals surface area (Å²) in [6.45, 7) is 6.66. The minimum absolute atomic E-state index is 1.24. The van der Waals surface area contributed by atoms with E-state index in [2.05, 4.69) is 160 Å². The summed E-state index contributed by atoms with van der Waals surface area (Å²) >= 11 is 0. The Morgan fingerprint density at radius 2 is 0.707 bits per heavy atom. The molecule has 0 nitrogen and oxygen atoms in total. The maximum absolute atomic E-state index is 2.40. The van der Waals surface area contributed by atoms with Gasteiger partial charge in [0.1, 0.15) is 0 Å². The Morgan fingerprint density at radius 1 is 0.293 bits per heavy atom. The molecule has 0 N–H and O–H groups in total. The zero-order chi connectivity index (χ0) is 27.9. The highest BCUT2D eigenvalue weighted by Gasteiger charge is 2.19. The van der Waals surface area contributed by atoms with E-state index in [1.54, 1.807) is 0 Å². The first-order chi connectivity index (χ1) is 20.1. The van der Waals surface area contributed by atoms with Gasteiger partial charge >= 0.3 is 0 Å². The molecule has 0 aromatic heterocycles. The molecular formula is C41H32. The lowest BCUT2D eigenvalue weighted by molar-refractivity contribution is 1.37. The van der Waals surface area contributed by atoms with Crippen molar-refractivity contribution in [2.24, 2.45) is 0 Å². The van der Waals surface area contributed by atoms with Gasteiger partial charge in [-0.2, -0.15) is 0 Å². The second kappa shape index (κ2) is 10.2. The molecule has 0 atom stereocenters. The lowest BCUT2D eigenvalue weighted by Gasteiger charge is -2.20. The molecule has 7 aromatic rings. The topological polar surface area (TPSA) is 0 Å². The molecule has 0 heteroatoms. The molecule has 7 rings (SSSR count). The summed E-state index contributed by atoms with van der Waals surface area (Å²) in [5.74, 6) is 0. The molecule has 0 heterocycles. The van der Waals surface area contributed by atoms with E-state index < -0.39 is 0 Å². The average Bonchev–Trinajstić information content (AvgIpc) is 3.02. The van der Waals surface area contributed by atoms with Gasteiger partial charge < -0.3 is 0 Å². The van der Waals surface area contributed by atoms with Gasteiger partial charge in [-0.15, -0.1) is 0 Å². The summed E-state index contributed by atoms with van der Waals surface area (Å²) in [6.07, 6.45) is 0. The fourth-order valence-corrected chi connectivity index (χ4v) is 6.19. The molecule has 0 saturated carbocycles. The molecule has 41 heavy (non-hydrogen) atoms. The van der Waals surface area contributed by atoms with Crippen LogP contribution in [0.3, 0.4) is 0 Å². The Hall–Kier alpha value is -4.94. The van der Waals surface area contributed by atoms with Gasteiger partial charge in [0.25, 0.3) is 0 Å². The van der Waals surface area contributed by atoms with E-state index in [0.717, 1.165) is 0 Å². The van der Waals surface area contributed by atoms with Gasteiger partial charge in [0.05, 0.1) is 0 Å². The molecule has 0 radical (unpaired) electrons. The Labute approximate surface area is 242 Å². The van der Waals surface area contributed by atoms with Crippen LogP contribution in [0.2, 0.25) is 0 Å². The Balaban J connectivity index is 1.57. The molecule has 0 spiro atoms. The lowest BCUT2D eigenvalue weighted by atomic mass is 9.83. The number of benzene rings is 7. The predicted molar refractivity (Wildman–Crippen MR) is 177 cm³/mol. The predicted octanol–water partition coefficient (Wildman–Crippen LogP) is 11.6. The number of hydrogen-bond acceptors (Lipinski definition) is 0. The number of hydrogen-bond donors (Lipinski definition) is 0. The van der Waals surface area contributed by atoms with Crippen LogP contribution in [0.5, 0.6) is 0 Å². The summed E-state index contributed by atoms with van der Waals surface area (Å²) in [5, 5.41) is 5.19. The third-order valence-corrected chi connectivity index (χ3v) is 8.40. The van der Waals surface area contributed by atoms with E-state index in [4.69, 9.17) is 0 Å². The molecule has 7 aromatic carbocycles. The van der Waals surface area contributed by atoms with Crippen molar-refractivity contribution in [1.82, 2.24) is 0 Å². The molecule has 0 amide bonds. The minimum Gasteiger partial charge on any atom is -0.0622 e. The van der Waals surface area contributed by atoms with Crippen molar-refractivity contribution < 1.29 is 0 Å². The van der Waals surface area contributed by atoms with E-state index in [9.17, 15) is 0 Å². The third kappa shape index (κ3) is 4.52. The van der Waals surface area contributed by atoms with Crippen LogP contribution in [0.4, 0.5) is 0 Å². The highest BCUT2D eigenvalue weighted by molar-refractivity contribution is 6.22. The first-order valence-electron chi connectivity index (χ1n) is 14.4. The van der Waals surface area contributed by atoms with Crippen molar-refractivity contribution in [3.05, 3.63) is 156 Å². The average molecular weight is 525 g/mol. The van der Waals surface area contributed by atoms with Crippen LogP contribution < -0.4 is 0 Å². The van der Waals surface area contributed by atoms with E-state index in [1.165, 1.54) is 82.7 Å². The van der Waals surface area contributed by atoms with Crippen LogP contribution in [0.15, 0.2) is 140 Å². The van der Waals surface area contributed by atoms with Crippen molar-refractivity contribution in [2.75, 3.05) is 0 Å². The Kier molecular flexibility index (Phi) is 6.25. The molecule has 0 fully saturated rings. The van der Waals surface area contributed by atoms with Gasteiger partial charge in [-0.1, -0.05) is 133 Å². The molecule has 0 saturated heterocycles. The standard InChI is InChI=1S/C41H32/c1-27-20-21-36-37(22-27)41(35-19-11-17-33(26-35)31-14-8-5-9-15-31)39-24-29(3)28(2)23-38(39)40(36)34-18-10-16-32(25-34)30-12-6-4-7-13-30/h4-26H,1-3H3. The van der Waals surface area contributed by atoms with E-state index in [-0.39, 0.29) is 0 Å². The van der Waals surface area contributed by atoms with Gasteiger partial charge in [-0.3, -0.25) is 0 Å². The van der Waals surface area contributed by atoms with Gasteiger partial charge in [-0.05, 0) is 110 Å². The van der Waals surface area contributed by atoms with Gasteiger partial charge in [-0.25, -0.2) is 0 Å². The first-order valence-corrected chi connectivity index (χ1v) is 14.4. The number of rotatable bonds is 4. The zero-order valence-electron chi connectivity index (χ0n) is 23.8. The Morgan fingerprint density at radius 3 is 1.22 bits per heavy atom. The summed E-state index contributed by atoms with van der Waals surface area (Å²) in [4.78, 5) is 0. The van der Waals surface area contributed by atoms with Gasteiger partial charge in [0.2, 0.25) is 0 Å². The molecule has 196 valence electrons. The quantitative estimate of drug-likeness (QED) is 0.201. The maximum atomic E-state index is 2.40. The van der Waals surface area contributed by atoms with Crippen molar-refractivity contribution in [3.63, 3.8) is 0 Å². The van der Waals surface area contributed by atoms with Crippen LogP contribution in [-0.2, 0) is 0 Å². The second-order valence-corrected chi connectivity index (χ2v) is 11.2. The van der Waals surface area contributed by atoms with Gasteiger partial charge in [0, 0.05) is 0 Å². The molecule has 0 bridgehead atoms. The van der Waals surface area contributed by atoms with E-state index in [0.29, 0.717) is 0 Å². The minimum atomic E-state index is 1.24. The molecule has 0 aliphatic heterocycles. The maximum Gasteiger partial charge on any atom is -0.00260 e. The molecule has 0 aliphatic carbocycles. The zero-order valence-corrected chi connectivity index (χ0v) is 23.8. The summed E-state index contributed by atoms with van der Waals surface area (Å²) in [6, 6.07) is 51.2. The monoisotopic (exact) mass is 524 g/mol. The van der Waals surface area contributed by atoms with Crippen LogP contribution in [0.25, 0.3) is 66.1 Å². The Bertz CT molecular complexity index is 2050. The van der Waals surface area contributed by atoms with E-state index in [1.807, 2.05) is 0 Å². The van der Waals surface area contributed by atoms with Crippen LogP contribution in [0, 0.1) is 20.8 Å². The highest BCUT2D eigenvalue weighted by atomic mass is 14.2. The van der Waals surface area contributed by atoms with Crippen molar-refractivity contribution >= 4 is 21.5 Å².